The molecule has 3 fully saturated rings. The Labute approximate surface area is 247 Å². The number of amides is 1. The number of carbonyl (C=O) groups excluding carboxylic acids is 1. The van der Waals surface area contributed by atoms with Gasteiger partial charge in [-0.15, -0.1) is 0 Å². The number of nitrogens with one attached hydrogen (secondary N) is 1. The molecular weight excluding hydrogens is 556 g/mol. The number of fused-ring (bicyclic) bond motifs is 1. The van der Waals surface area contributed by atoms with Crippen LogP contribution in [0.25, 0.3) is 0 Å². The number of unbranched alkanes of at least 4 members (excludes halogenated alkanes) is 4. The van der Waals surface area contributed by atoms with Gasteiger partial charge in [0.05, 0.1) is 23.7 Å². The summed E-state index contributed by atoms with van der Waals surface area (Å²) in [7, 11) is 1.31. The zero-order valence-electron chi connectivity index (χ0n) is 25.4. The van der Waals surface area contributed by atoms with Crippen LogP contribution in [0.1, 0.15) is 72.6 Å². The molecule has 0 aromatic carbocycles. The monoisotopic (exact) mass is 605 g/mol. The van der Waals surface area contributed by atoms with Gasteiger partial charge in [0, 0.05) is 32.5 Å². The van der Waals surface area contributed by atoms with E-state index in [4.69, 9.17) is 28.8 Å². The highest BCUT2D eigenvalue weighted by Crippen LogP contribution is 2.52. The zero-order chi connectivity index (χ0) is 31.3. The molecular formula is C30H49F2NO9. The molecule has 0 aromatic heterocycles. The number of allylic oxidation sites excluding steroid dienone is 1. The summed E-state index contributed by atoms with van der Waals surface area (Å²) in [5.41, 5.74) is -0.985. The normalized spacial score (nSPS) is 35.9. The first-order valence-corrected chi connectivity index (χ1v) is 14.8. The van der Waals surface area contributed by atoms with E-state index in [2.05, 4.69) is 11.9 Å². The highest BCUT2D eigenvalue weighted by atomic mass is 19.3. The van der Waals surface area contributed by atoms with E-state index in [1.54, 1.807) is 13.0 Å². The molecule has 3 saturated heterocycles. The van der Waals surface area contributed by atoms with Crippen LogP contribution in [0.5, 0.6) is 0 Å². The molecule has 3 heterocycles. The molecule has 3 aliphatic rings. The molecule has 4 N–H and O–H groups in total. The molecule has 0 aliphatic carbocycles. The predicted octanol–water partition coefficient (Wildman–Crippen LogP) is 3.19. The minimum absolute atomic E-state index is 0.0247. The van der Waals surface area contributed by atoms with Crippen molar-refractivity contribution in [3.05, 3.63) is 24.3 Å². The number of ether oxygens (including phenoxy) is 5. The maximum absolute atomic E-state index is 15.9. The Morgan fingerprint density at radius 1 is 1.19 bits per heavy atom. The molecule has 10 nitrogen and oxygen atoms in total. The third kappa shape index (κ3) is 7.40. The maximum atomic E-state index is 15.9. The molecule has 1 amide bonds. The first-order chi connectivity index (χ1) is 19.7. The molecule has 242 valence electrons. The van der Waals surface area contributed by atoms with Crippen molar-refractivity contribution in [2.24, 2.45) is 11.3 Å². The van der Waals surface area contributed by atoms with Crippen molar-refractivity contribution >= 4 is 5.91 Å². The van der Waals surface area contributed by atoms with Crippen molar-refractivity contribution in [1.82, 2.24) is 5.32 Å². The van der Waals surface area contributed by atoms with E-state index in [0.29, 0.717) is 6.42 Å². The highest BCUT2D eigenvalue weighted by Gasteiger charge is 2.66. The van der Waals surface area contributed by atoms with Crippen LogP contribution in [-0.4, -0.2) is 96.3 Å². The SMILES string of the molecule is C=C1C[C@](OC)([C@H](O)C(=O)N[C@H]2OCO[C@H]3[C@@H]2O[C@H](C[C@H](O)/C=C/CCCCCCO)C(C)(C)C3(F)F)O[C@H](C)[C@@H]1C. The number of aliphatic hydroxyl groups excluding tert-OH is 3. The summed E-state index contributed by atoms with van der Waals surface area (Å²) in [6.45, 7) is 10.1. The second-order valence-electron chi connectivity index (χ2n) is 12.3. The second kappa shape index (κ2) is 14.5. The Morgan fingerprint density at radius 2 is 1.88 bits per heavy atom. The Bertz CT molecular complexity index is 948. The van der Waals surface area contributed by atoms with Crippen LogP contribution >= 0.6 is 0 Å². The van der Waals surface area contributed by atoms with E-state index < -0.39 is 72.7 Å². The summed E-state index contributed by atoms with van der Waals surface area (Å²) in [5, 5.41) is 33.0. The lowest BCUT2D eigenvalue weighted by Crippen LogP contribution is -2.71. The minimum atomic E-state index is -3.41. The van der Waals surface area contributed by atoms with Gasteiger partial charge in [-0.25, -0.2) is 8.78 Å². The van der Waals surface area contributed by atoms with Gasteiger partial charge >= 0.3 is 0 Å². The van der Waals surface area contributed by atoms with Crippen LogP contribution in [0.4, 0.5) is 8.78 Å². The van der Waals surface area contributed by atoms with E-state index >= 15 is 8.78 Å². The molecule has 3 aliphatic heterocycles. The summed E-state index contributed by atoms with van der Waals surface area (Å²) in [6, 6.07) is 0. The van der Waals surface area contributed by atoms with Gasteiger partial charge in [0.25, 0.3) is 11.8 Å². The molecule has 42 heavy (non-hydrogen) atoms. The van der Waals surface area contributed by atoms with Gasteiger partial charge in [-0.3, -0.25) is 4.79 Å². The second-order valence-corrected chi connectivity index (χ2v) is 12.3. The summed E-state index contributed by atoms with van der Waals surface area (Å²) in [4.78, 5) is 13.2. The van der Waals surface area contributed by atoms with E-state index in [-0.39, 0.29) is 25.4 Å². The molecule has 0 spiro atoms. The van der Waals surface area contributed by atoms with Gasteiger partial charge in [-0.05, 0) is 26.2 Å². The zero-order valence-corrected chi connectivity index (χ0v) is 25.4. The van der Waals surface area contributed by atoms with Gasteiger partial charge in [-0.2, -0.15) is 0 Å². The minimum Gasteiger partial charge on any atom is -0.396 e. The van der Waals surface area contributed by atoms with Crippen molar-refractivity contribution < 1.29 is 52.6 Å². The molecule has 0 radical (unpaired) electrons. The molecule has 0 unspecified atom stereocenters. The van der Waals surface area contributed by atoms with Gasteiger partial charge in [0.2, 0.25) is 5.79 Å². The lowest BCUT2D eigenvalue weighted by molar-refractivity contribution is -0.372. The molecule has 0 saturated carbocycles. The molecule has 3 rings (SSSR count). The first-order valence-electron chi connectivity index (χ1n) is 14.8. The molecule has 0 aromatic rings. The Balaban J connectivity index is 1.70. The number of halogens is 2. The third-order valence-corrected chi connectivity index (χ3v) is 9.03. The van der Waals surface area contributed by atoms with Crippen molar-refractivity contribution in [2.45, 2.75) is 127 Å². The van der Waals surface area contributed by atoms with E-state index in [1.807, 2.05) is 13.0 Å². The number of carbonyl (C=O) groups is 1. The summed E-state index contributed by atoms with van der Waals surface area (Å²) < 4.78 is 60.1. The smallest absolute Gasteiger partial charge is 0.283 e. The Morgan fingerprint density at radius 3 is 2.52 bits per heavy atom. The maximum Gasteiger partial charge on any atom is 0.283 e. The topological polar surface area (TPSA) is 136 Å². The Kier molecular flexibility index (Phi) is 12.1. The third-order valence-electron chi connectivity index (χ3n) is 9.03. The first kappa shape index (κ1) is 35.0. The van der Waals surface area contributed by atoms with Crippen molar-refractivity contribution in [3.8, 4) is 0 Å². The van der Waals surface area contributed by atoms with Crippen LogP contribution in [0.15, 0.2) is 24.3 Å². The lowest BCUT2D eigenvalue weighted by atomic mass is 9.71. The Hall–Kier alpha value is -1.51. The summed E-state index contributed by atoms with van der Waals surface area (Å²) in [5.74, 6) is -6.10. The van der Waals surface area contributed by atoms with Crippen LogP contribution in [0, 0.1) is 11.3 Å². The fourth-order valence-corrected chi connectivity index (χ4v) is 5.76. The summed E-state index contributed by atoms with van der Waals surface area (Å²) in [6.07, 6.45) is -1.38. The van der Waals surface area contributed by atoms with Crippen molar-refractivity contribution in [3.63, 3.8) is 0 Å². The van der Waals surface area contributed by atoms with Gasteiger partial charge in [-0.1, -0.05) is 57.9 Å². The van der Waals surface area contributed by atoms with E-state index in [9.17, 15) is 15.0 Å². The fourth-order valence-electron chi connectivity index (χ4n) is 5.76. The van der Waals surface area contributed by atoms with Crippen LogP contribution < -0.4 is 5.32 Å². The van der Waals surface area contributed by atoms with Gasteiger partial charge < -0.3 is 44.3 Å². The number of methoxy groups -OCH3 is 1. The van der Waals surface area contributed by atoms with Gasteiger partial charge in [0.15, 0.2) is 18.4 Å². The molecule has 0 bridgehead atoms. The van der Waals surface area contributed by atoms with E-state index in [0.717, 1.165) is 31.3 Å². The van der Waals surface area contributed by atoms with E-state index in [1.165, 1.54) is 21.0 Å². The molecule has 12 heteroatoms. The van der Waals surface area contributed by atoms with Crippen molar-refractivity contribution in [2.75, 3.05) is 20.5 Å². The highest BCUT2D eigenvalue weighted by molar-refractivity contribution is 5.82. The quantitative estimate of drug-likeness (QED) is 0.184. The van der Waals surface area contributed by atoms with Crippen LogP contribution in [0.2, 0.25) is 0 Å². The number of rotatable bonds is 13. The molecule has 9 atom stereocenters. The largest absolute Gasteiger partial charge is 0.396 e. The fraction of sp³-hybridized carbons (Fsp3) is 0.833. The van der Waals surface area contributed by atoms with Gasteiger partial charge in [0.1, 0.15) is 12.9 Å². The average molecular weight is 606 g/mol. The van der Waals surface area contributed by atoms with Crippen molar-refractivity contribution in [1.29, 1.82) is 0 Å². The lowest BCUT2D eigenvalue weighted by Gasteiger charge is -2.54. The average Bonchev–Trinajstić information content (AvgIpc) is 2.94. The number of hydrogen-bond donors (Lipinski definition) is 4. The number of alkyl halides is 2. The van der Waals surface area contributed by atoms with Crippen LogP contribution in [-0.2, 0) is 28.5 Å². The summed E-state index contributed by atoms with van der Waals surface area (Å²) >= 11 is 0. The number of hydrogen-bond acceptors (Lipinski definition) is 9. The predicted molar refractivity (Wildman–Crippen MR) is 149 cm³/mol. The van der Waals surface area contributed by atoms with Crippen LogP contribution in [0.3, 0.4) is 0 Å². The standard InChI is InChI=1S/C30H49F2NO9/c1-18-16-29(38-6,42-20(3)19(18)2)24(36)26(37)33-27-23-25(39-17-40-27)30(31,32)28(4,5)22(41-23)15-21(35)13-11-9-7-8-10-12-14-34/h11,13,19-25,27,34-36H,1,7-10,12,14-17H2,2-6H3,(H,33,37)/b13-11+/t19-,20-,21-,22-,23+,24-,25+,27+,29-/m1/s1. The number of aliphatic hydroxyl groups is 3.